The third kappa shape index (κ3) is 1.93. The summed E-state index contributed by atoms with van der Waals surface area (Å²) in [5.41, 5.74) is 5.67. The molecule has 1 aliphatic heterocycles. The van der Waals surface area contributed by atoms with Crippen molar-refractivity contribution in [2.24, 2.45) is 5.73 Å². The van der Waals surface area contributed by atoms with Gasteiger partial charge < -0.3 is 10.6 Å². The first-order valence-corrected chi connectivity index (χ1v) is 3.37. The van der Waals surface area contributed by atoms with Crippen molar-refractivity contribution < 1.29 is 4.84 Å². The normalized spacial score (nSPS) is 24.7. The number of piperidine rings is 1. The number of rotatable bonds is 1. The Labute approximate surface area is 55.7 Å². The van der Waals surface area contributed by atoms with E-state index in [0.29, 0.717) is 6.04 Å². The predicted molar refractivity (Wildman–Crippen MR) is 35.8 cm³/mol. The van der Waals surface area contributed by atoms with Crippen molar-refractivity contribution in [1.29, 1.82) is 0 Å². The van der Waals surface area contributed by atoms with Crippen LogP contribution in [0.25, 0.3) is 0 Å². The number of nitrogens with zero attached hydrogens (tertiary/aromatic N) is 1. The topological polar surface area (TPSA) is 38.5 Å². The highest BCUT2D eigenvalue weighted by Gasteiger charge is 2.14. The van der Waals surface area contributed by atoms with Gasteiger partial charge in [-0.05, 0) is 12.8 Å². The van der Waals surface area contributed by atoms with Gasteiger partial charge in [-0.2, -0.15) is 5.06 Å². The quantitative estimate of drug-likeness (QED) is 0.541. The van der Waals surface area contributed by atoms with E-state index < -0.39 is 0 Å². The van der Waals surface area contributed by atoms with Gasteiger partial charge in [0, 0.05) is 19.1 Å². The molecule has 1 fully saturated rings. The van der Waals surface area contributed by atoms with Crippen molar-refractivity contribution >= 4 is 0 Å². The molecule has 0 aromatic heterocycles. The van der Waals surface area contributed by atoms with Crippen LogP contribution in [0.3, 0.4) is 0 Å². The molecule has 0 saturated carbocycles. The summed E-state index contributed by atoms with van der Waals surface area (Å²) in [4.78, 5) is 5.02. The van der Waals surface area contributed by atoms with Gasteiger partial charge in [-0.1, -0.05) is 0 Å². The summed E-state index contributed by atoms with van der Waals surface area (Å²) in [5, 5.41) is 1.95. The lowest BCUT2D eigenvalue weighted by atomic mass is 10.1. The fourth-order valence-electron chi connectivity index (χ4n) is 1.06. The average molecular weight is 130 g/mol. The summed E-state index contributed by atoms with van der Waals surface area (Å²) in [6.45, 7) is 1.97. The fraction of sp³-hybridized carbons (Fsp3) is 1.00. The van der Waals surface area contributed by atoms with Crippen molar-refractivity contribution in [1.82, 2.24) is 5.06 Å². The largest absolute Gasteiger partial charge is 0.328 e. The Balaban J connectivity index is 2.18. The minimum atomic E-state index is 0.399. The van der Waals surface area contributed by atoms with Gasteiger partial charge in [-0.3, -0.25) is 0 Å². The highest BCUT2D eigenvalue weighted by Crippen LogP contribution is 2.06. The highest BCUT2D eigenvalue weighted by atomic mass is 16.7. The standard InChI is InChI=1S/C6H14N2O/c1-9-8-4-2-6(7)3-5-8/h6H,2-5,7H2,1H3. The molecule has 0 bridgehead atoms. The summed E-state index contributed by atoms with van der Waals surface area (Å²) in [6, 6.07) is 0.399. The summed E-state index contributed by atoms with van der Waals surface area (Å²) < 4.78 is 0. The molecule has 0 aromatic carbocycles. The fourth-order valence-corrected chi connectivity index (χ4v) is 1.06. The molecule has 0 unspecified atom stereocenters. The molecule has 0 aliphatic carbocycles. The SMILES string of the molecule is CON1CCC(N)CC1. The van der Waals surface area contributed by atoms with E-state index in [2.05, 4.69) is 0 Å². The number of hydrogen-bond donors (Lipinski definition) is 1. The zero-order chi connectivity index (χ0) is 6.69. The van der Waals surface area contributed by atoms with Crippen LogP contribution in [0.15, 0.2) is 0 Å². The van der Waals surface area contributed by atoms with Gasteiger partial charge in [0.15, 0.2) is 0 Å². The van der Waals surface area contributed by atoms with Gasteiger partial charge in [0.1, 0.15) is 0 Å². The van der Waals surface area contributed by atoms with E-state index in [9.17, 15) is 0 Å². The summed E-state index contributed by atoms with van der Waals surface area (Å²) in [6.07, 6.45) is 2.13. The van der Waals surface area contributed by atoms with Crippen LogP contribution in [0.4, 0.5) is 0 Å². The monoisotopic (exact) mass is 130 g/mol. The van der Waals surface area contributed by atoms with Crippen molar-refractivity contribution in [2.75, 3.05) is 20.2 Å². The van der Waals surface area contributed by atoms with E-state index in [-0.39, 0.29) is 0 Å². The van der Waals surface area contributed by atoms with Crippen LogP contribution in [-0.4, -0.2) is 31.3 Å². The van der Waals surface area contributed by atoms with Crippen molar-refractivity contribution in [3.63, 3.8) is 0 Å². The smallest absolute Gasteiger partial charge is 0.0575 e. The highest BCUT2D eigenvalue weighted by molar-refractivity contribution is 4.69. The lowest BCUT2D eigenvalue weighted by molar-refractivity contribution is -0.143. The van der Waals surface area contributed by atoms with Crippen LogP contribution in [0, 0.1) is 0 Å². The lowest BCUT2D eigenvalue weighted by Crippen LogP contribution is -2.38. The van der Waals surface area contributed by atoms with E-state index in [1.54, 1.807) is 7.11 Å². The third-order valence-electron chi connectivity index (χ3n) is 1.76. The molecule has 1 aliphatic rings. The Bertz CT molecular complexity index is 79.1. The minimum Gasteiger partial charge on any atom is -0.328 e. The lowest BCUT2D eigenvalue weighted by Gasteiger charge is -2.27. The van der Waals surface area contributed by atoms with Crippen molar-refractivity contribution in [2.45, 2.75) is 18.9 Å². The van der Waals surface area contributed by atoms with E-state index in [1.807, 2.05) is 5.06 Å². The van der Waals surface area contributed by atoms with Crippen molar-refractivity contribution in [3.8, 4) is 0 Å². The summed E-state index contributed by atoms with van der Waals surface area (Å²) in [5.74, 6) is 0. The first kappa shape index (κ1) is 6.99. The zero-order valence-corrected chi connectivity index (χ0v) is 5.84. The molecular formula is C6H14N2O. The van der Waals surface area contributed by atoms with Gasteiger partial charge in [0.05, 0.1) is 7.11 Å². The number of hydrogen-bond acceptors (Lipinski definition) is 3. The molecule has 0 amide bonds. The maximum absolute atomic E-state index is 5.67. The van der Waals surface area contributed by atoms with E-state index in [4.69, 9.17) is 10.6 Å². The molecule has 0 aromatic rings. The van der Waals surface area contributed by atoms with Crippen LogP contribution in [0.1, 0.15) is 12.8 Å². The molecule has 1 saturated heterocycles. The molecule has 2 N–H and O–H groups in total. The Kier molecular flexibility index (Phi) is 2.45. The number of hydroxylamine groups is 2. The van der Waals surface area contributed by atoms with Gasteiger partial charge in [-0.15, -0.1) is 0 Å². The van der Waals surface area contributed by atoms with E-state index >= 15 is 0 Å². The molecule has 0 atom stereocenters. The second-order valence-electron chi connectivity index (χ2n) is 2.45. The first-order valence-electron chi connectivity index (χ1n) is 3.37. The van der Waals surface area contributed by atoms with Crippen LogP contribution in [-0.2, 0) is 4.84 Å². The first-order chi connectivity index (χ1) is 4.33. The molecule has 54 valence electrons. The maximum Gasteiger partial charge on any atom is 0.0575 e. The Morgan fingerprint density at radius 3 is 2.44 bits per heavy atom. The molecule has 0 radical (unpaired) electrons. The Morgan fingerprint density at radius 1 is 1.44 bits per heavy atom. The average Bonchev–Trinajstić information content (AvgIpc) is 1.90. The van der Waals surface area contributed by atoms with E-state index in [0.717, 1.165) is 25.9 Å². The zero-order valence-electron chi connectivity index (χ0n) is 5.84. The van der Waals surface area contributed by atoms with Crippen molar-refractivity contribution in [3.05, 3.63) is 0 Å². The second-order valence-corrected chi connectivity index (χ2v) is 2.45. The van der Waals surface area contributed by atoms with E-state index in [1.165, 1.54) is 0 Å². The van der Waals surface area contributed by atoms with Gasteiger partial charge in [0.25, 0.3) is 0 Å². The minimum absolute atomic E-state index is 0.399. The second kappa shape index (κ2) is 3.15. The Morgan fingerprint density at radius 2 is 2.00 bits per heavy atom. The molecule has 1 heterocycles. The summed E-state index contributed by atoms with van der Waals surface area (Å²) >= 11 is 0. The maximum atomic E-state index is 5.67. The third-order valence-corrected chi connectivity index (χ3v) is 1.76. The van der Waals surface area contributed by atoms with Gasteiger partial charge in [0.2, 0.25) is 0 Å². The molecule has 9 heavy (non-hydrogen) atoms. The van der Waals surface area contributed by atoms with Crippen LogP contribution in [0.2, 0.25) is 0 Å². The number of nitrogens with two attached hydrogens (primary N) is 1. The molecule has 0 spiro atoms. The predicted octanol–water partition coefficient (Wildman–Crippen LogP) is -0.0291. The summed E-state index contributed by atoms with van der Waals surface area (Å²) in [7, 11) is 1.71. The molecular weight excluding hydrogens is 116 g/mol. The van der Waals surface area contributed by atoms with Crippen LogP contribution in [0.5, 0.6) is 0 Å². The van der Waals surface area contributed by atoms with Gasteiger partial charge in [-0.25, -0.2) is 0 Å². The molecule has 1 rings (SSSR count). The molecule has 3 nitrogen and oxygen atoms in total. The van der Waals surface area contributed by atoms with Crippen LogP contribution < -0.4 is 5.73 Å². The molecule has 3 heteroatoms. The van der Waals surface area contributed by atoms with Gasteiger partial charge >= 0.3 is 0 Å². The Hall–Kier alpha value is -0.120. The van der Waals surface area contributed by atoms with Crippen LogP contribution >= 0.6 is 0 Å².